The Bertz CT molecular complexity index is 1560. The Labute approximate surface area is 248 Å². The van der Waals surface area contributed by atoms with Gasteiger partial charge in [0, 0.05) is 17.7 Å². The number of aromatic hydroxyl groups is 3. The fourth-order valence-electron chi connectivity index (χ4n) is 4.99. The van der Waals surface area contributed by atoms with Gasteiger partial charge in [-0.2, -0.15) is 0 Å². The summed E-state index contributed by atoms with van der Waals surface area (Å²) in [7, 11) is 1.28. The molecule has 2 aliphatic rings. The van der Waals surface area contributed by atoms with E-state index in [0.717, 1.165) is 12.1 Å². The minimum absolute atomic E-state index is 0.0151. The van der Waals surface area contributed by atoms with Crippen LogP contribution in [0.25, 0.3) is 22.3 Å². The van der Waals surface area contributed by atoms with Gasteiger partial charge in [-0.05, 0) is 25.1 Å². The molecule has 0 spiro atoms. The monoisotopic (exact) mass is 624 g/mol. The van der Waals surface area contributed by atoms with Gasteiger partial charge < -0.3 is 74.1 Å². The van der Waals surface area contributed by atoms with E-state index in [2.05, 4.69) is 0 Å². The number of aliphatic hydroxyl groups excluding tert-OH is 6. The lowest BCUT2D eigenvalue weighted by molar-refractivity contribution is -0.318. The molecule has 0 aliphatic carbocycles. The number of phenols is 3. The first-order chi connectivity index (χ1) is 20.8. The summed E-state index contributed by atoms with van der Waals surface area (Å²) in [5.41, 5.74) is -1.11. The SMILES string of the molecule is COc1cc(-c2oc3cc(O)cc(O)c3c(=O)c2O[C@@H]2OC(CO[C@@H]3OC(C)[C@H](O)[C@H](O)C3O)[C@H](O)C(O)C2O)ccc1O. The third-order valence-corrected chi connectivity index (χ3v) is 7.50. The molecule has 5 rings (SSSR count). The molecule has 0 bridgehead atoms. The lowest BCUT2D eigenvalue weighted by Crippen LogP contribution is -2.61. The van der Waals surface area contributed by atoms with Gasteiger partial charge >= 0.3 is 0 Å². The number of hydrogen-bond donors (Lipinski definition) is 9. The van der Waals surface area contributed by atoms with E-state index in [1.807, 2.05) is 0 Å². The van der Waals surface area contributed by atoms with Crippen LogP contribution in [0.15, 0.2) is 39.5 Å². The Kier molecular flexibility index (Phi) is 8.90. The van der Waals surface area contributed by atoms with Crippen molar-refractivity contribution in [2.24, 2.45) is 0 Å². The topological polar surface area (TPSA) is 258 Å². The number of hydrogen-bond acceptors (Lipinski definition) is 16. The van der Waals surface area contributed by atoms with Crippen LogP contribution in [0.3, 0.4) is 0 Å². The van der Waals surface area contributed by atoms with Crippen LogP contribution in [0.4, 0.5) is 0 Å². The van der Waals surface area contributed by atoms with Gasteiger partial charge in [0.05, 0.1) is 19.8 Å². The zero-order chi connectivity index (χ0) is 32.0. The molecular weight excluding hydrogens is 592 g/mol. The summed E-state index contributed by atoms with van der Waals surface area (Å²) in [5, 5.41) is 92.1. The molecule has 3 heterocycles. The predicted octanol–water partition coefficient (Wildman–Crippen LogP) is -1.38. The van der Waals surface area contributed by atoms with E-state index in [1.54, 1.807) is 0 Å². The zero-order valence-corrected chi connectivity index (χ0v) is 23.3. The lowest BCUT2D eigenvalue weighted by atomic mass is 9.98. The van der Waals surface area contributed by atoms with Crippen LogP contribution in [-0.4, -0.2) is 121 Å². The highest BCUT2D eigenvalue weighted by Crippen LogP contribution is 2.39. The summed E-state index contributed by atoms with van der Waals surface area (Å²) >= 11 is 0. The van der Waals surface area contributed by atoms with Crippen molar-refractivity contribution in [2.45, 2.75) is 68.3 Å². The van der Waals surface area contributed by atoms with Crippen LogP contribution in [-0.2, 0) is 14.2 Å². The zero-order valence-electron chi connectivity index (χ0n) is 23.3. The number of fused-ring (bicyclic) bond motifs is 1. The fourth-order valence-corrected chi connectivity index (χ4v) is 4.99. The largest absolute Gasteiger partial charge is 0.508 e. The van der Waals surface area contributed by atoms with E-state index in [-0.39, 0.29) is 28.4 Å². The third kappa shape index (κ3) is 5.74. The summed E-state index contributed by atoms with van der Waals surface area (Å²) in [6.45, 7) is 0.845. The highest BCUT2D eigenvalue weighted by Gasteiger charge is 2.47. The maximum Gasteiger partial charge on any atom is 0.239 e. The van der Waals surface area contributed by atoms with Crippen molar-refractivity contribution in [1.82, 2.24) is 0 Å². The van der Waals surface area contributed by atoms with Gasteiger partial charge in [0.15, 0.2) is 23.5 Å². The van der Waals surface area contributed by atoms with Crippen molar-refractivity contribution in [3.8, 4) is 40.1 Å². The van der Waals surface area contributed by atoms with Gasteiger partial charge in [0.25, 0.3) is 0 Å². The Morgan fingerprint density at radius 3 is 2.18 bits per heavy atom. The van der Waals surface area contributed by atoms with Gasteiger partial charge in [0.2, 0.25) is 17.5 Å². The van der Waals surface area contributed by atoms with Gasteiger partial charge in [-0.3, -0.25) is 4.79 Å². The van der Waals surface area contributed by atoms with Crippen molar-refractivity contribution in [1.29, 1.82) is 0 Å². The molecule has 9 N–H and O–H groups in total. The van der Waals surface area contributed by atoms with Crippen molar-refractivity contribution >= 4 is 11.0 Å². The lowest BCUT2D eigenvalue weighted by Gasteiger charge is -2.42. The molecule has 10 atom stereocenters. The van der Waals surface area contributed by atoms with E-state index >= 15 is 0 Å². The molecule has 2 aliphatic heterocycles. The van der Waals surface area contributed by atoms with E-state index < -0.39 is 96.1 Å². The number of methoxy groups -OCH3 is 1. The molecule has 2 aromatic carbocycles. The minimum Gasteiger partial charge on any atom is -0.508 e. The van der Waals surface area contributed by atoms with Crippen LogP contribution in [0.1, 0.15) is 6.92 Å². The highest BCUT2D eigenvalue weighted by molar-refractivity contribution is 5.88. The van der Waals surface area contributed by atoms with E-state index in [0.29, 0.717) is 0 Å². The first-order valence-electron chi connectivity index (χ1n) is 13.4. The molecule has 0 amide bonds. The van der Waals surface area contributed by atoms with Crippen molar-refractivity contribution in [2.75, 3.05) is 13.7 Å². The number of rotatable bonds is 7. The predicted molar refractivity (Wildman–Crippen MR) is 145 cm³/mol. The van der Waals surface area contributed by atoms with Crippen molar-refractivity contribution in [3.05, 3.63) is 40.6 Å². The number of ether oxygens (including phenoxy) is 5. The molecular formula is C28H32O16. The summed E-state index contributed by atoms with van der Waals surface area (Å²) in [5.74, 6) is -2.28. The molecule has 1 aromatic heterocycles. The van der Waals surface area contributed by atoms with E-state index in [1.165, 1.54) is 32.2 Å². The average molecular weight is 625 g/mol. The quantitative estimate of drug-likeness (QED) is 0.147. The normalized spacial score (nSPS) is 32.5. The first kappa shape index (κ1) is 31.7. The van der Waals surface area contributed by atoms with Gasteiger partial charge in [-0.25, -0.2) is 0 Å². The number of benzene rings is 2. The first-order valence-corrected chi connectivity index (χ1v) is 13.4. The number of aliphatic hydroxyl groups is 6. The molecule has 16 heteroatoms. The van der Waals surface area contributed by atoms with E-state index in [4.69, 9.17) is 28.1 Å². The number of phenolic OH excluding ortho intramolecular Hbond substituents is 3. The molecule has 44 heavy (non-hydrogen) atoms. The smallest absolute Gasteiger partial charge is 0.239 e. The van der Waals surface area contributed by atoms with Gasteiger partial charge in [-0.15, -0.1) is 0 Å². The second kappa shape index (κ2) is 12.4. The summed E-state index contributed by atoms with van der Waals surface area (Å²) in [6, 6.07) is 5.83. The maximum atomic E-state index is 13.7. The molecule has 16 nitrogen and oxygen atoms in total. The molecule has 2 saturated heterocycles. The standard InChI is InChI=1S/C28H32O16/c1-9-18(32)21(35)23(37)27(41-9)40-8-16-19(33)22(36)24(38)28(43-16)44-26-20(34)17-13(31)6-11(29)7-15(17)42-25(26)10-3-4-12(30)14(5-10)39-2/h3-7,9,16,18-19,21-24,27-33,35-38H,8H2,1-2H3/t9?,16?,18-,19-,21-,22?,23?,24?,27+,28-/m0/s1. The summed E-state index contributed by atoms with van der Waals surface area (Å²) in [6.07, 6.45) is -16.0. The van der Waals surface area contributed by atoms with Crippen molar-refractivity contribution < 1.29 is 74.1 Å². The molecule has 0 saturated carbocycles. The fraction of sp³-hybridized carbons (Fsp3) is 0.464. The molecule has 5 unspecified atom stereocenters. The highest BCUT2D eigenvalue weighted by atomic mass is 16.7. The summed E-state index contributed by atoms with van der Waals surface area (Å²) < 4.78 is 33.2. The van der Waals surface area contributed by atoms with Crippen molar-refractivity contribution in [3.63, 3.8) is 0 Å². The van der Waals surface area contributed by atoms with Crippen LogP contribution in [0.2, 0.25) is 0 Å². The van der Waals surface area contributed by atoms with Crippen LogP contribution in [0.5, 0.6) is 28.7 Å². The molecule has 0 radical (unpaired) electrons. The third-order valence-electron chi connectivity index (χ3n) is 7.50. The molecule has 240 valence electrons. The van der Waals surface area contributed by atoms with Crippen LogP contribution < -0.4 is 14.9 Å². The second-order valence-electron chi connectivity index (χ2n) is 10.5. The van der Waals surface area contributed by atoms with Crippen LogP contribution in [0, 0.1) is 0 Å². The molecule has 3 aromatic rings. The average Bonchev–Trinajstić information content (AvgIpc) is 2.98. The Morgan fingerprint density at radius 1 is 0.795 bits per heavy atom. The van der Waals surface area contributed by atoms with E-state index in [9.17, 15) is 50.8 Å². The summed E-state index contributed by atoms with van der Waals surface area (Å²) in [4.78, 5) is 13.7. The maximum absolute atomic E-state index is 13.7. The second-order valence-corrected chi connectivity index (χ2v) is 10.5. The van der Waals surface area contributed by atoms with Gasteiger partial charge in [0.1, 0.15) is 65.2 Å². The Hall–Kier alpha value is -3.71. The minimum atomic E-state index is -1.94. The van der Waals surface area contributed by atoms with Crippen LogP contribution >= 0.6 is 0 Å². The Balaban J connectivity index is 1.49. The Morgan fingerprint density at radius 2 is 1.48 bits per heavy atom. The molecule has 2 fully saturated rings. The van der Waals surface area contributed by atoms with Gasteiger partial charge in [-0.1, -0.05) is 0 Å².